The fraction of sp³-hybridized carbons (Fsp3) is 0.200. The number of carbonyl (C=O) groups is 2. The molecule has 3 heteroatoms. The molecular weight excluding hydrogens is 168 g/mol. The Morgan fingerprint density at radius 1 is 1.23 bits per heavy atom. The van der Waals surface area contributed by atoms with Crippen LogP contribution in [0, 0.1) is 0 Å². The molecule has 0 radical (unpaired) electrons. The molecule has 0 heterocycles. The maximum atomic E-state index is 10.6. The predicted molar refractivity (Wildman–Crippen MR) is 47.3 cm³/mol. The molecule has 0 saturated heterocycles. The van der Waals surface area contributed by atoms with Crippen LogP contribution >= 0.6 is 0 Å². The van der Waals surface area contributed by atoms with Crippen molar-refractivity contribution < 1.29 is 14.3 Å². The molecule has 0 spiro atoms. The number of ether oxygens (including phenoxy) is 1. The van der Waals surface area contributed by atoms with Crippen LogP contribution in [-0.2, 0) is 14.3 Å². The lowest BCUT2D eigenvalue weighted by Crippen LogP contribution is -2.07. The summed E-state index contributed by atoms with van der Waals surface area (Å²) in [5.41, 5.74) is 0.763. The normalized spacial score (nSPS) is 12.0. The minimum Gasteiger partial charge on any atom is -0.359 e. The Hall–Kier alpha value is -1.48. The number of benzene rings is 1. The van der Waals surface area contributed by atoms with Crippen molar-refractivity contribution in [1.82, 2.24) is 0 Å². The van der Waals surface area contributed by atoms with Gasteiger partial charge in [-0.15, -0.1) is 0 Å². The second-order valence-electron chi connectivity index (χ2n) is 2.47. The summed E-state index contributed by atoms with van der Waals surface area (Å²) in [4.78, 5) is 20.6. The van der Waals surface area contributed by atoms with Gasteiger partial charge < -0.3 is 14.3 Å². The van der Waals surface area contributed by atoms with Crippen molar-refractivity contribution in [3.05, 3.63) is 35.9 Å². The van der Waals surface area contributed by atoms with E-state index < -0.39 is 6.10 Å². The molecule has 0 amide bonds. The van der Waals surface area contributed by atoms with Crippen LogP contribution in [0.5, 0.6) is 0 Å². The Kier molecular flexibility index (Phi) is 3.85. The Labute approximate surface area is 76.3 Å². The highest BCUT2D eigenvalue weighted by Gasteiger charge is 2.08. The van der Waals surface area contributed by atoms with Crippen LogP contribution < -0.4 is 0 Å². The molecule has 0 N–H and O–H groups in total. The summed E-state index contributed by atoms with van der Waals surface area (Å²) in [6.45, 7) is -0.0572. The Balaban J connectivity index is 2.66. The lowest BCUT2D eigenvalue weighted by molar-refractivity contribution is -0.122. The number of aldehydes is 2. The average Bonchev–Trinajstić information content (AvgIpc) is 2.21. The zero-order chi connectivity index (χ0) is 9.52. The van der Waals surface area contributed by atoms with Crippen molar-refractivity contribution in [3.63, 3.8) is 0 Å². The number of carbonyl (C=O) groups excluding carboxylic acids is 2. The minimum absolute atomic E-state index is 0.0572. The topological polar surface area (TPSA) is 43.4 Å². The Morgan fingerprint density at radius 2 is 1.92 bits per heavy atom. The maximum absolute atomic E-state index is 10.6. The van der Waals surface area contributed by atoms with Gasteiger partial charge in [0.05, 0.1) is 0 Å². The number of hydrogen-bond acceptors (Lipinski definition) is 3. The molecule has 1 aromatic rings. The van der Waals surface area contributed by atoms with E-state index in [1.807, 2.05) is 18.2 Å². The SMILES string of the molecule is O=CCO[C@@H](C=O)c1ccccc1. The molecule has 1 aromatic carbocycles. The van der Waals surface area contributed by atoms with Gasteiger partial charge in [-0.1, -0.05) is 30.3 Å². The summed E-state index contributed by atoms with van der Waals surface area (Å²) in [5.74, 6) is 0. The zero-order valence-corrected chi connectivity index (χ0v) is 7.05. The van der Waals surface area contributed by atoms with Crippen molar-refractivity contribution in [2.75, 3.05) is 6.61 Å². The zero-order valence-electron chi connectivity index (χ0n) is 7.05. The first-order valence-corrected chi connectivity index (χ1v) is 3.94. The second kappa shape index (κ2) is 5.22. The summed E-state index contributed by atoms with van der Waals surface area (Å²) >= 11 is 0. The monoisotopic (exact) mass is 178 g/mol. The van der Waals surface area contributed by atoms with Gasteiger partial charge in [-0.3, -0.25) is 0 Å². The highest BCUT2D eigenvalue weighted by Crippen LogP contribution is 2.13. The van der Waals surface area contributed by atoms with Crippen molar-refractivity contribution in [1.29, 1.82) is 0 Å². The fourth-order valence-corrected chi connectivity index (χ4v) is 1.000. The molecule has 0 bridgehead atoms. The van der Waals surface area contributed by atoms with Crippen LogP contribution in [0.1, 0.15) is 11.7 Å². The molecule has 0 aliphatic rings. The molecule has 3 nitrogen and oxygen atoms in total. The fourth-order valence-electron chi connectivity index (χ4n) is 1.000. The van der Waals surface area contributed by atoms with Crippen LogP contribution in [0.4, 0.5) is 0 Å². The summed E-state index contributed by atoms with van der Waals surface area (Å²) in [5, 5.41) is 0. The lowest BCUT2D eigenvalue weighted by Gasteiger charge is -2.08. The Bertz CT molecular complexity index is 269. The molecule has 0 saturated carbocycles. The molecule has 0 aliphatic carbocycles. The van der Waals surface area contributed by atoms with Gasteiger partial charge in [0.1, 0.15) is 19.0 Å². The predicted octanol–water partition coefficient (Wildman–Crippen LogP) is 1.14. The summed E-state index contributed by atoms with van der Waals surface area (Å²) in [6.07, 6.45) is 0.671. The van der Waals surface area contributed by atoms with E-state index in [9.17, 15) is 9.59 Å². The van der Waals surface area contributed by atoms with Gasteiger partial charge in [-0.05, 0) is 5.56 Å². The van der Waals surface area contributed by atoms with Gasteiger partial charge in [0, 0.05) is 0 Å². The molecule has 0 fully saturated rings. The van der Waals surface area contributed by atoms with E-state index in [-0.39, 0.29) is 6.61 Å². The van der Waals surface area contributed by atoms with Crippen LogP contribution in [0.25, 0.3) is 0 Å². The third-order valence-electron chi connectivity index (χ3n) is 1.60. The number of hydrogen-bond donors (Lipinski definition) is 0. The summed E-state index contributed by atoms with van der Waals surface area (Å²) < 4.78 is 4.99. The van der Waals surface area contributed by atoms with Crippen LogP contribution in [0.3, 0.4) is 0 Å². The van der Waals surface area contributed by atoms with Crippen LogP contribution in [-0.4, -0.2) is 19.2 Å². The molecular formula is C10H10O3. The highest BCUT2D eigenvalue weighted by molar-refractivity contribution is 5.60. The van der Waals surface area contributed by atoms with Crippen LogP contribution in [0.15, 0.2) is 30.3 Å². The van der Waals surface area contributed by atoms with E-state index >= 15 is 0 Å². The van der Waals surface area contributed by atoms with Crippen molar-refractivity contribution in [2.45, 2.75) is 6.10 Å². The van der Waals surface area contributed by atoms with E-state index in [1.54, 1.807) is 12.1 Å². The van der Waals surface area contributed by atoms with E-state index in [0.29, 0.717) is 12.6 Å². The van der Waals surface area contributed by atoms with E-state index in [0.717, 1.165) is 5.56 Å². The van der Waals surface area contributed by atoms with Crippen molar-refractivity contribution >= 4 is 12.6 Å². The molecule has 1 rings (SSSR count). The van der Waals surface area contributed by atoms with Gasteiger partial charge in [0.25, 0.3) is 0 Å². The molecule has 0 aliphatic heterocycles. The molecule has 68 valence electrons. The first-order valence-electron chi connectivity index (χ1n) is 3.94. The smallest absolute Gasteiger partial charge is 0.153 e. The molecule has 1 atom stereocenters. The lowest BCUT2D eigenvalue weighted by atomic mass is 10.1. The largest absolute Gasteiger partial charge is 0.359 e. The third-order valence-corrected chi connectivity index (χ3v) is 1.60. The summed E-state index contributed by atoms with van der Waals surface area (Å²) in [6, 6.07) is 9.05. The first-order chi connectivity index (χ1) is 6.38. The van der Waals surface area contributed by atoms with Gasteiger partial charge >= 0.3 is 0 Å². The second-order valence-corrected chi connectivity index (χ2v) is 2.47. The van der Waals surface area contributed by atoms with E-state index in [2.05, 4.69) is 0 Å². The van der Waals surface area contributed by atoms with Gasteiger partial charge in [0.2, 0.25) is 0 Å². The first kappa shape index (κ1) is 9.61. The van der Waals surface area contributed by atoms with Gasteiger partial charge in [-0.25, -0.2) is 0 Å². The van der Waals surface area contributed by atoms with Crippen LogP contribution in [0.2, 0.25) is 0 Å². The third kappa shape index (κ3) is 2.80. The quantitative estimate of drug-likeness (QED) is 0.635. The van der Waals surface area contributed by atoms with Gasteiger partial charge in [0.15, 0.2) is 6.29 Å². The van der Waals surface area contributed by atoms with Crippen molar-refractivity contribution in [2.24, 2.45) is 0 Å². The Morgan fingerprint density at radius 3 is 2.46 bits per heavy atom. The standard InChI is InChI=1S/C10H10O3/c11-6-7-13-10(8-12)9-4-2-1-3-5-9/h1-6,8,10H,7H2/t10-/m0/s1. The molecule has 0 aromatic heterocycles. The molecule has 13 heavy (non-hydrogen) atoms. The minimum atomic E-state index is -0.633. The summed E-state index contributed by atoms with van der Waals surface area (Å²) in [7, 11) is 0. The highest BCUT2D eigenvalue weighted by atomic mass is 16.5. The van der Waals surface area contributed by atoms with E-state index in [4.69, 9.17) is 4.74 Å². The van der Waals surface area contributed by atoms with Gasteiger partial charge in [-0.2, -0.15) is 0 Å². The molecule has 0 unspecified atom stereocenters. The number of rotatable bonds is 5. The average molecular weight is 178 g/mol. The maximum Gasteiger partial charge on any atom is 0.153 e. The van der Waals surface area contributed by atoms with E-state index in [1.165, 1.54) is 0 Å². The van der Waals surface area contributed by atoms with Crippen molar-refractivity contribution in [3.8, 4) is 0 Å².